The van der Waals surface area contributed by atoms with Crippen LogP contribution in [0.4, 0.5) is 0 Å². The van der Waals surface area contributed by atoms with Crippen LogP contribution in [0.2, 0.25) is 0 Å². The molecule has 2 rings (SSSR count). The van der Waals surface area contributed by atoms with E-state index in [2.05, 4.69) is 67.3 Å². The van der Waals surface area contributed by atoms with Crippen LogP contribution in [0, 0.1) is 0 Å². The van der Waals surface area contributed by atoms with Crippen molar-refractivity contribution in [1.29, 1.82) is 0 Å². The van der Waals surface area contributed by atoms with E-state index in [0.29, 0.717) is 12.1 Å². The fourth-order valence-corrected chi connectivity index (χ4v) is 2.96. The molecule has 1 N–H and O–H groups in total. The summed E-state index contributed by atoms with van der Waals surface area (Å²) in [6, 6.07) is 3.35. The molecule has 1 aliphatic rings. The minimum atomic E-state index is 0.107. The third-order valence-corrected chi connectivity index (χ3v) is 4.38. The molecule has 2 heterocycles. The van der Waals surface area contributed by atoms with E-state index in [-0.39, 0.29) is 5.41 Å². The Kier molecular flexibility index (Phi) is 4.89. The molecule has 0 bridgehead atoms. The van der Waals surface area contributed by atoms with E-state index in [9.17, 15) is 0 Å². The first-order chi connectivity index (χ1) is 9.81. The van der Waals surface area contributed by atoms with Gasteiger partial charge in [0.1, 0.15) is 0 Å². The van der Waals surface area contributed by atoms with Crippen molar-refractivity contribution in [3.05, 3.63) is 30.1 Å². The second kappa shape index (κ2) is 6.32. The first-order valence-electron chi connectivity index (χ1n) is 7.95. The van der Waals surface area contributed by atoms with Crippen molar-refractivity contribution in [3.8, 4) is 0 Å². The monoisotopic (exact) mass is 290 g/mol. The Morgan fingerprint density at radius 2 is 1.90 bits per heavy atom. The van der Waals surface area contributed by atoms with Gasteiger partial charge in [-0.05, 0) is 19.9 Å². The molecule has 2 atom stereocenters. The maximum absolute atomic E-state index is 4.47. The topological polar surface area (TPSA) is 35.2 Å². The van der Waals surface area contributed by atoms with Gasteiger partial charge in [0, 0.05) is 49.4 Å². The van der Waals surface area contributed by atoms with Crippen molar-refractivity contribution in [2.45, 2.75) is 58.7 Å². The van der Waals surface area contributed by atoms with Gasteiger partial charge in [0.2, 0.25) is 0 Å². The van der Waals surface area contributed by atoms with Gasteiger partial charge >= 0.3 is 0 Å². The summed E-state index contributed by atoms with van der Waals surface area (Å²) in [5.41, 5.74) is 2.47. The fraction of sp³-hybridized carbons (Fsp3) is 0.706. The Hall–Kier alpha value is -1.13. The highest BCUT2D eigenvalue weighted by Gasteiger charge is 2.28. The summed E-state index contributed by atoms with van der Waals surface area (Å²) >= 11 is 0. The molecule has 0 unspecified atom stereocenters. The van der Waals surface area contributed by atoms with E-state index in [0.717, 1.165) is 31.9 Å². The predicted octanol–water partition coefficient (Wildman–Crippen LogP) is 2.79. The molecule has 4 nitrogen and oxygen atoms in total. The molecule has 0 radical (unpaired) electrons. The van der Waals surface area contributed by atoms with Crippen LogP contribution >= 0.6 is 0 Å². The minimum Gasteiger partial charge on any atom is -0.294 e. The summed E-state index contributed by atoms with van der Waals surface area (Å²) in [6.07, 6.45) is 2.00. The van der Waals surface area contributed by atoms with Crippen LogP contribution in [0.5, 0.6) is 0 Å². The lowest BCUT2D eigenvalue weighted by Crippen LogP contribution is -2.55. The molecule has 1 aromatic heterocycles. The van der Waals surface area contributed by atoms with E-state index >= 15 is 0 Å². The molecule has 0 amide bonds. The predicted molar refractivity (Wildman–Crippen MR) is 88.4 cm³/mol. The summed E-state index contributed by atoms with van der Waals surface area (Å²) in [4.78, 5) is 5.05. The summed E-state index contributed by atoms with van der Waals surface area (Å²) in [5.74, 6) is 0. The van der Waals surface area contributed by atoms with Gasteiger partial charge in [-0.1, -0.05) is 26.8 Å². The molecule has 1 saturated heterocycles. The van der Waals surface area contributed by atoms with Gasteiger partial charge in [0.05, 0.1) is 5.69 Å². The van der Waals surface area contributed by atoms with Gasteiger partial charge in [0.25, 0.3) is 0 Å². The first kappa shape index (κ1) is 16.2. The maximum atomic E-state index is 4.47. The maximum Gasteiger partial charge on any atom is 0.0678 e. The van der Waals surface area contributed by atoms with Crippen molar-refractivity contribution in [1.82, 2.24) is 20.0 Å². The molecule has 0 spiro atoms. The van der Waals surface area contributed by atoms with Crippen LogP contribution < -0.4 is 0 Å². The van der Waals surface area contributed by atoms with Gasteiger partial charge in [-0.2, -0.15) is 5.10 Å². The van der Waals surface area contributed by atoms with Crippen molar-refractivity contribution in [3.63, 3.8) is 0 Å². The molecular formula is C17H30N4. The first-order valence-corrected chi connectivity index (χ1v) is 7.95. The van der Waals surface area contributed by atoms with Crippen molar-refractivity contribution >= 4 is 0 Å². The number of hydrogen-bond donors (Lipinski definition) is 1. The lowest BCUT2D eigenvalue weighted by atomic mass is 9.92. The molecule has 0 aromatic carbocycles. The molecular weight excluding hydrogens is 260 g/mol. The number of nitrogens with one attached hydrogen (secondary N) is 1. The van der Waals surface area contributed by atoms with Crippen LogP contribution in [0.3, 0.4) is 0 Å². The zero-order chi connectivity index (χ0) is 15.6. The third-order valence-electron chi connectivity index (χ3n) is 4.38. The average Bonchev–Trinajstić information content (AvgIpc) is 2.84. The summed E-state index contributed by atoms with van der Waals surface area (Å²) in [6.45, 7) is 19.2. The van der Waals surface area contributed by atoms with Crippen LogP contribution in [-0.4, -0.2) is 51.7 Å². The van der Waals surface area contributed by atoms with Crippen molar-refractivity contribution in [2.24, 2.45) is 0 Å². The van der Waals surface area contributed by atoms with Crippen molar-refractivity contribution in [2.75, 3.05) is 19.6 Å². The largest absolute Gasteiger partial charge is 0.294 e. The molecule has 1 fully saturated rings. The Morgan fingerprint density at radius 1 is 1.29 bits per heavy atom. The van der Waals surface area contributed by atoms with Crippen LogP contribution in [0.15, 0.2) is 18.7 Å². The number of nitrogens with zero attached hydrogens (tertiary/aromatic N) is 3. The number of aromatic amines is 1. The normalized spacial score (nSPS) is 25.2. The van der Waals surface area contributed by atoms with Gasteiger partial charge in [-0.25, -0.2) is 0 Å². The van der Waals surface area contributed by atoms with E-state index in [4.69, 9.17) is 0 Å². The van der Waals surface area contributed by atoms with E-state index < -0.39 is 0 Å². The van der Waals surface area contributed by atoms with Gasteiger partial charge in [0.15, 0.2) is 0 Å². The van der Waals surface area contributed by atoms with E-state index in [1.54, 1.807) is 0 Å². The Morgan fingerprint density at radius 3 is 2.48 bits per heavy atom. The van der Waals surface area contributed by atoms with Gasteiger partial charge in [-0.3, -0.25) is 14.9 Å². The molecule has 1 aromatic rings. The summed E-state index contributed by atoms with van der Waals surface area (Å²) in [7, 11) is 0. The Bertz CT molecular complexity index is 471. The molecule has 0 aliphatic carbocycles. The standard InChI is InChI=1S/C17H30N4/c1-7-8-20-10-14(3)21(11-13(20)2)12-15-9-16(19-18-15)17(4,5)6/h7,9,13-14H,1,8,10-12H2,2-6H3,(H,18,19)/t13-,14-/m1/s1. The van der Waals surface area contributed by atoms with E-state index in [1.165, 1.54) is 5.69 Å². The zero-order valence-corrected chi connectivity index (χ0v) is 14.2. The number of aromatic nitrogens is 2. The van der Waals surface area contributed by atoms with Crippen LogP contribution in [0.25, 0.3) is 0 Å². The number of hydrogen-bond acceptors (Lipinski definition) is 3. The van der Waals surface area contributed by atoms with Crippen molar-refractivity contribution < 1.29 is 0 Å². The van der Waals surface area contributed by atoms with Crippen LogP contribution in [0.1, 0.15) is 46.0 Å². The van der Waals surface area contributed by atoms with E-state index in [1.807, 2.05) is 6.08 Å². The number of rotatable bonds is 4. The Labute approximate surface area is 129 Å². The molecule has 21 heavy (non-hydrogen) atoms. The second-order valence-corrected chi connectivity index (χ2v) is 7.40. The lowest BCUT2D eigenvalue weighted by Gasteiger charge is -2.43. The second-order valence-electron chi connectivity index (χ2n) is 7.40. The smallest absolute Gasteiger partial charge is 0.0678 e. The van der Waals surface area contributed by atoms with Gasteiger partial charge in [-0.15, -0.1) is 6.58 Å². The third kappa shape index (κ3) is 3.95. The molecule has 118 valence electrons. The summed E-state index contributed by atoms with van der Waals surface area (Å²) in [5, 5.41) is 7.68. The summed E-state index contributed by atoms with van der Waals surface area (Å²) < 4.78 is 0. The zero-order valence-electron chi connectivity index (χ0n) is 14.2. The number of H-pyrrole nitrogens is 1. The van der Waals surface area contributed by atoms with Crippen LogP contribution in [-0.2, 0) is 12.0 Å². The SMILES string of the molecule is C=CCN1C[C@@H](C)N(Cc2cc(C(C)(C)C)n[nH]2)C[C@H]1C. The average molecular weight is 290 g/mol. The quantitative estimate of drug-likeness (QED) is 0.866. The molecule has 0 saturated carbocycles. The highest BCUT2D eigenvalue weighted by Crippen LogP contribution is 2.22. The fourth-order valence-electron chi connectivity index (χ4n) is 2.96. The Balaban J connectivity index is 2.00. The molecule has 1 aliphatic heterocycles. The number of piperazine rings is 1. The van der Waals surface area contributed by atoms with Gasteiger partial charge < -0.3 is 0 Å². The highest BCUT2D eigenvalue weighted by molar-refractivity contribution is 5.16. The lowest BCUT2D eigenvalue weighted by molar-refractivity contribution is 0.0444. The minimum absolute atomic E-state index is 0.107. The highest BCUT2D eigenvalue weighted by atomic mass is 15.3. The molecule has 4 heteroatoms.